The highest BCUT2D eigenvalue weighted by Crippen LogP contribution is 2.07. The molecule has 21 heavy (non-hydrogen) atoms. The number of hydrogen-bond acceptors (Lipinski definition) is 5. The first kappa shape index (κ1) is 17.5. The summed E-state index contributed by atoms with van der Waals surface area (Å²) in [5, 5.41) is 7.22. The van der Waals surface area contributed by atoms with Crippen molar-refractivity contribution in [2.24, 2.45) is 5.73 Å². The summed E-state index contributed by atoms with van der Waals surface area (Å²) in [6.07, 6.45) is 3.92. The largest absolute Gasteiger partial charge is 0.388 e. The number of nitrogens with two attached hydrogens (primary N) is 1. The van der Waals surface area contributed by atoms with Crippen molar-refractivity contribution >= 4 is 15.9 Å². The van der Waals surface area contributed by atoms with Gasteiger partial charge in [-0.3, -0.25) is 10.4 Å². The number of methoxy groups -OCH3 is 1. The zero-order valence-electron chi connectivity index (χ0n) is 12.2. The monoisotopic (exact) mass is 314 g/mol. The maximum atomic E-state index is 12.4. The van der Waals surface area contributed by atoms with Crippen LogP contribution in [0.5, 0.6) is 0 Å². The second-order valence-electron chi connectivity index (χ2n) is 4.59. The van der Waals surface area contributed by atoms with E-state index < -0.39 is 10.0 Å². The summed E-state index contributed by atoms with van der Waals surface area (Å²) < 4.78 is 31.0. The second-order valence-corrected chi connectivity index (χ2v) is 6.68. The Balaban J connectivity index is 2.66. The van der Waals surface area contributed by atoms with Crippen molar-refractivity contribution in [1.29, 1.82) is 5.41 Å². The molecule has 0 saturated carbocycles. The van der Waals surface area contributed by atoms with Crippen LogP contribution in [0.15, 0.2) is 24.5 Å². The van der Waals surface area contributed by atoms with E-state index in [1.165, 1.54) is 11.4 Å². The fraction of sp³-hybridized carbons (Fsp3) is 0.538. The van der Waals surface area contributed by atoms with Gasteiger partial charge < -0.3 is 10.5 Å². The maximum Gasteiger partial charge on any atom is 0.214 e. The zero-order chi connectivity index (χ0) is 15.7. The average Bonchev–Trinajstić information content (AvgIpc) is 2.46. The minimum atomic E-state index is -3.41. The molecule has 0 unspecified atom stereocenters. The Morgan fingerprint density at radius 1 is 1.38 bits per heavy atom. The van der Waals surface area contributed by atoms with Crippen LogP contribution in [0, 0.1) is 5.41 Å². The fourth-order valence-electron chi connectivity index (χ4n) is 1.75. The Hall–Kier alpha value is -1.51. The lowest BCUT2D eigenvalue weighted by Crippen LogP contribution is -2.38. The van der Waals surface area contributed by atoms with Gasteiger partial charge in [-0.05, 0) is 24.1 Å². The van der Waals surface area contributed by atoms with E-state index in [-0.39, 0.29) is 31.1 Å². The Morgan fingerprint density at radius 3 is 2.62 bits per heavy atom. The number of pyridine rings is 1. The van der Waals surface area contributed by atoms with Crippen molar-refractivity contribution in [2.75, 3.05) is 32.6 Å². The van der Waals surface area contributed by atoms with Crippen LogP contribution in [0.3, 0.4) is 0 Å². The van der Waals surface area contributed by atoms with E-state index in [0.29, 0.717) is 13.0 Å². The standard InChI is InChI=1S/C13H22N4O3S/c1-20-10-9-17(8-4-13(14)15)21(18,19)11-5-12-2-6-16-7-3-12/h2-3,6-7H,4-5,8-11H2,1H3,(H3,14,15). The Kier molecular flexibility index (Phi) is 7.27. The van der Waals surface area contributed by atoms with Crippen LogP contribution >= 0.6 is 0 Å². The number of amidine groups is 1. The second kappa shape index (κ2) is 8.71. The van der Waals surface area contributed by atoms with E-state index in [1.807, 2.05) is 0 Å². The van der Waals surface area contributed by atoms with E-state index in [1.54, 1.807) is 24.5 Å². The topological polar surface area (TPSA) is 109 Å². The lowest BCUT2D eigenvalue weighted by Gasteiger charge is -2.21. The van der Waals surface area contributed by atoms with Crippen molar-refractivity contribution in [3.63, 3.8) is 0 Å². The lowest BCUT2D eigenvalue weighted by atomic mass is 10.2. The molecule has 0 aliphatic heterocycles. The normalized spacial score (nSPS) is 11.7. The number of sulfonamides is 1. The molecule has 118 valence electrons. The first-order valence-electron chi connectivity index (χ1n) is 6.64. The van der Waals surface area contributed by atoms with Crippen LogP contribution < -0.4 is 5.73 Å². The van der Waals surface area contributed by atoms with Crippen LogP contribution in [-0.4, -0.2) is 56.1 Å². The van der Waals surface area contributed by atoms with Gasteiger partial charge in [0.1, 0.15) is 0 Å². The molecule has 7 nitrogen and oxygen atoms in total. The minimum Gasteiger partial charge on any atom is -0.388 e. The number of hydrogen-bond donors (Lipinski definition) is 2. The van der Waals surface area contributed by atoms with E-state index in [2.05, 4.69) is 4.98 Å². The summed E-state index contributed by atoms with van der Waals surface area (Å²) in [5.41, 5.74) is 6.22. The third kappa shape index (κ3) is 6.65. The third-order valence-electron chi connectivity index (χ3n) is 2.97. The average molecular weight is 314 g/mol. The fourth-order valence-corrected chi connectivity index (χ4v) is 3.23. The summed E-state index contributed by atoms with van der Waals surface area (Å²) in [6.45, 7) is 0.784. The van der Waals surface area contributed by atoms with Crippen molar-refractivity contribution in [1.82, 2.24) is 9.29 Å². The summed E-state index contributed by atoms with van der Waals surface area (Å²) in [7, 11) is -1.89. The number of nitrogens with one attached hydrogen (secondary N) is 1. The van der Waals surface area contributed by atoms with Gasteiger partial charge in [0.15, 0.2) is 0 Å². The number of rotatable bonds is 10. The van der Waals surface area contributed by atoms with Gasteiger partial charge in [0.05, 0.1) is 18.2 Å². The van der Waals surface area contributed by atoms with Gasteiger partial charge in [-0.1, -0.05) is 0 Å². The van der Waals surface area contributed by atoms with Crippen molar-refractivity contribution < 1.29 is 13.2 Å². The van der Waals surface area contributed by atoms with Gasteiger partial charge in [0, 0.05) is 39.0 Å². The molecule has 3 N–H and O–H groups in total. The molecule has 0 radical (unpaired) electrons. The van der Waals surface area contributed by atoms with Crippen molar-refractivity contribution in [3.8, 4) is 0 Å². The smallest absolute Gasteiger partial charge is 0.214 e. The number of aromatic nitrogens is 1. The van der Waals surface area contributed by atoms with Gasteiger partial charge in [0.2, 0.25) is 10.0 Å². The van der Waals surface area contributed by atoms with Crippen molar-refractivity contribution in [2.45, 2.75) is 12.8 Å². The van der Waals surface area contributed by atoms with Crippen LogP contribution in [0.4, 0.5) is 0 Å². The van der Waals surface area contributed by atoms with Gasteiger partial charge in [-0.25, -0.2) is 8.42 Å². The van der Waals surface area contributed by atoms with Crippen LogP contribution in [0.2, 0.25) is 0 Å². The molecule has 0 aliphatic carbocycles. The minimum absolute atomic E-state index is 0.0125. The van der Waals surface area contributed by atoms with E-state index in [4.69, 9.17) is 15.9 Å². The molecule has 0 bridgehead atoms. The summed E-state index contributed by atoms with van der Waals surface area (Å²) in [5.74, 6) is -0.0136. The molecule has 0 aromatic carbocycles. The van der Waals surface area contributed by atoms with Gasteiger partial charge in [-0.15, -0.1) is 0 Å². The van der Waals surface area contributed by atoms with Gasteiger partial charge in [0.25, 0.3) is 0 Å². The summed E-state index contributed by atoms with van der Waals surface area (Å²) >= 11 is 0. The summed E-state index contributed by atoms with van der Waals surface area (Å²) in [6, 6.07) is 3.59. The number of aryl methyl sites for hydroxylation is 1. The number of nitrogens with zero attached hydrogens (tertiary/aromatic N) is 2. The first-order chi connectivity index (χ1) is 9.95. The molecule has 8 heteroatoms. The molecule has 1 heterocycles. The quantitative estimate of drug-likeness (QED) is 0.474. The van der Waals surface area contributed by atoms with E-state index in [0.717, 1.165) is 5.56 Å². The Morgan fingerprint density at radius 2 is 2.05 bits per heavy atom. The molecule has 0 spiro atoms. The summed E-state index contributed by atoms with van der Waals surface area (Å²) in [4.78, 5) is 3.90. The van der Waals surface area contributed by atoms with E-state index in [9.17, 15) is 8.42 Å². The zero-order valence-corrected chi connectivity index (χ0v) is 13.0. The molecular weight excluding hydrogens is 292 g/mol. The molecule has 1 rings (SSSR count). The molecule has 0 fully saturated rings. The predicted molar refractivity (Wildman–Crippen MR) is 81.7 cm³/mol. The molecular formula is C13H22N4O3S. The predicted octanol–water partition coefficient (Wildman–Crippen LogP) is 0.228. The highest BCUT2D eigenvalue weighted by atomic mass is 32.2. The molecule has 0 aliphatic rings. The Bertz CT molecular complexity index is 534. The first-order valence-corrected chi connectivity index (χ1v) is 8.25. The van der Waals surface area contributed by atoms with Gasteiger partial charge >= 0.3 is 0 Å². The lowest BCUT2D eigenvalue weighted by molar-refractivity contribution is 0.179. The Labute approximate surface area is 125 Å². The number of ether oxygens (including phenoxy) is 1. The van der Waals surface area contributed by atoms with Crippen LogP contribution in [-0.2, 0) is 21.2 Å². The maximum absolute atomic E-state index is 12.4. The molecule has 0 saturated heterocycles. The highest BCUT2D eigenvalue weighted by Gasteiger charge is 2.21. The van der Waals surface area contributed by atoms with Crippen LogP contribution in [0.1, 0.15) is 12.0 Å². The van der Waals surface area contributed by atoms with Crippen LogP contribution in [0.25, 0.3) is 0 Å². The molecule has 0 amide bonds. The SMILES string of the molecule is COCCN(CCC(=N)N)S(=O)(=O)CCc1ccncc1. The third-order valence-corrected chi connectivity index (χ3v) is 4.84. The highest BCUT2D eigenvalue weighted by molar-refractivity contribution is 7.89. The van der Waals surface area contributed by atoms with Crippen molar-refractivity contribution in [3.05, 3.63) is 30.1 Å². The van der Waals surface area contributed by atoms with Gasteiger partial charge in [-0.2, -0.15) is 4.31 Å². The molecule has 0 atom stereocenters. The molecule has 1 aromatic heterocycles. The van der Waals surface area contributed by atoms with E-state index >= 15 is 0 Å². The molecule has 1 aromatic rings.